The fourth-order valence-corrected chi connectivity index (χ4v) is 2.26. The minimum atomic E-state index is 0.594. The summed E-state index contributed by atoms with van der Waals surface area (Å²) in [4.78, 5) is 0. The minimum Gasteiger partial charge on any atom is -0.493 e. The summed E-state index contributed by atoms with van der Waals surface area (Å²) < 4.78 is 11.8. The van der Waals surface area contributed by atoms with Gasteiger partial charge >= 0.3 is 0 Å². The van der Waals surface area contributed by atoms with Crippen LogP contribution in [0.1, 0.15) is 42.0 Å². The molecule has 2 nitrogen and oxygen atoms in total. The molecule has 0 atom stereocenters. The highest BCUT2D eigenvalue weighted by atomic mass is 16.5. The molecule has 0 heterocycles. The third kappa shape index (κ3) is 4.27. The maximum atomic E-state index is 5.97. The molecule has 0 aliphatic rings. The molecule has 2 heteroatoms. The van der Waals surface area contributed by atoms with Crippen LogP contribution in [0, 0.1) is 20.8 Å². The first-order valence-electron chi connectivity index (χ1n) is 8.03. The van der Waals surface area contributed by atoms with Gasteiger partial charge in [0.25, 0.3) is 0 Å². The summed E-state index contributed by atoms with van der Waals surface area (Å²) in [5.74, 6) is 1.90. The van der Waals surface area contributed by atoms with E-state index in [4.69, 9.17) is 9.47 Å². The average molecular weight is 298 g/mol. The van der Waals surface area contributed by atoms with Crippen LogP contribution in [0.25, 0.3) is 0 Å². The lowest BCUT2D eigenvalue weighted by molar-refractivity contribution is 0.295. The summed E-state index contributed by atoms with van der Waals surface area (Å²) in [5.41, 5.74) is 4.77. The molecule has 0 radical (unpaired) electrons. The second-order valence-corrected chi connectivity index (χ2v) is 5.79. The lowest BCUT2D eigenvalue weighted by Crippen LogP contribution is -2.02. The van der Waals surface area contributed by atoms with Crippen molar-refractivity contribution < 1.29 is 9.47 Å². The van der Waals surface area contributed by atoms with Gasteiger partial charge in [0.05, 0.1) is 6.61 Å². The van der Waals surface area contributed by atoms with Crippen molar-refractivity contribution in [1.82, 2.24) is 0 Å². The third-order valence-corrected chi connectivity index (χ3v) is 3.96. The summed E-state index contributed by atoms with van der Waals surface area (Å²) >= 11 is 0. The number of hydrogen-bond donors (Lipinski definition) is 0. The molecular formula is C20H26O2. The molecule has 0 bridgehead atoms. The maximum Gasteiger partial charge on any atom is 0.123 e. The zero-order valence-electron chi connectivity index (χ0n) is 14.1. The van der Waals surface area contributed by atoms with Gasteiger partial charge in [-0.05, 0) is 56.0 Å². The van der Waals surface area contributed by atoms with E-state index in [-0.39, 0.29) is 0 Å². The van der Waals surface area contributed by atoms with Crippen LogP contribution in [0.4, 0.5) is 0 Å². The van der Waals surface area contributed by atoms with E-state index in [2.05, 4.69) is 52.0 Å². The monoisotopic (exact) mass is 298 g/mol. The molecule has 0 aromatic heterocycles. The Morgan fingerprint density at radius 2 is 1.36 bits per heavy atom. The largest absolute Gasteiger partial charge is 0.493 e. The molecule has 0 saturated carbocycles. The molecule has 2 rings (SSSR count). The van der Waals surface area contributed by atoms with Gasteiger partial charge in [-0.15, -0.1) is 0 Å². The maximum absolute atomic E-state index is 5.97. The van der Waals surface area contributed by atoms with E-state index in [1.54, 1.807) is 0 Å². The van der Waals surface area contributed by atoms with E-state index >= 15 is 0 Å². The molecule has 2 aromatic rings. The molecule has 118 valence electrons. The molecule has 0 aliphatic heterocycles. The first kappa shape index (κ1) is 16.4. The van der Waals surface area contributed by atoms with Crippen molar-refractivity contribution in [3.8, 4) is 11.5 Å². The van der Waals surface area contributed by atoms with Crippen molar-refractivity contribution in [3.05, 3.63) is 58.7 Å². The summed E-state index contributed by atoms with van der Waals surface area (Å²) in [7, 11) is 0. The molecule has 0 unspecified atom stereocenters. The van der Waals surface area contributed by atoms with E-state index in [1.807, 2.05) is 12.1 Å². The highest BCUT2D eigenvalue weighted by molar-refractivity contribution is 5.47. The molecule has 0 fully saturated rings. The quantitative estimate of drug-likeness (QED) is 0.640. The normalized spacial score (nSPS) is 10.5. The predicted octanol–water partition coefficient (Wildman–Crippen LogP) is 5.37. The van der Waals surface area contributed by atoms with Gasteiger partial charge in [0.2, 0.25) is 0 Å². The molecule has 2 aromatic carbocycles. The van der Waals surface area contributed by atoms with Crippen LogP contribution in [-0.2, 0) is 6.61 Å². The van der Waals surface area contributed by atoms with Crippen molar-refractivity contribution >= 4 is 0 Å². The van der Waals surface area contributed by atoms with Crippen LogP contribution in [-0.4, -0.2) is 6.61 Å². The molecule has 0 saturated heterocycles. The second-order valence-electron chi connectivity index (χ2n) is 5.79. The lowest BCUT2D eigenvalue weighted by atomic mass is 10.1. The zero-order valence-corrected chi connectivity index (χ0v) is 14.1. The summed E-state index contributed by atoms with van der Waals surface area (Å²) in [6, 6.07) is 12.5. The summed E-state index contributed by atoms with van der Waals surface area (Å²) in [6.45, 7) is 9.82. The number of hydrogen-bond acceptors (Lipinski definition) is 2. The minimum absolute atomic E-state index is 0.594. The van der Waals surface area contributed by atoms with Gasteiger partial charge in [-0.25, -0.2) is 0 Å². The van der Waals surface area contributed by atoms with Crippen LogP contribution in [0.3, 0.4) is 0 Å². The van der Waals surface area contributed by atoms with Gasteiger partial charge in [0.15, 0.2) is 0 Å². The fourth-order valence-electron chi connectivity index (χ4n) is 2.26. The van der Waals surface area contributed by atoms with Crippen molar-refractivity contribution in [3.63, 3.8) is 0 Å². The highest BCUT2D eigenvalue weighted by Crippen LogP contribution is 2.29. The molecule has 22 heavy (non-hydrogen) atoms. The van der Waals surface area contributed by atoms with E-state index in [9.17, 15) is 0 Å². The Hall–Kier alpha value is -1.96. The van der Waals surface area contributed by atoms with Gasteiger partial charge in [-0.1, -0.05) is 43.2 Å². The van der Waals surface area contributed by atoms with Crippen molar-refractivity contribution in [1.29, 1.82) is 0 Å². The third-order valence-electron chi connectivity index (χ3n) is 3.96. The standard InChI is InChI=1S/C20H26O2/c1-5-6-13-21-19-11-12-20(17(4)16(19)3)22-14-18-9-7-15(2)8-10-18/h7-12H,5-6,13-14H2,1-4H3. The number of unbranched alkanes of at least 4 members (excludes halogenated alkanes) is 1. The number of benzene rings is 2. The van der Waals surface area contributed by atoms with Gasteiger partial charge < -0.3 is 9.47 Å². The predicted molar refractivity (Wildman–Crippen MR) is 91.8 cm³/mol. The smallest absolute Gasteiger partial charge is 0.123 e. The first-order chi connectivity index (χ1) is 10.6. The Kier molecular flexibility index (Phi) is 5.88. The number of ether oxygens (including phenoxy) is 2. The van der Waals surface area contributed by atoms with Crippen LogP contribution in [0.5, 0.6) is 11.5 Å². The molecule has 0 amide bonds. The van der Waals surface area contributed by atoms with Crippen molar-refractivity contribution in [2.75, 3.05) is 6.61 Å². The van der Waals surface area contributed by atoms with E-state index < -0.39 is 0 Å². The Labute approximate surface area is 134 Å². The van der Waals surface area contributed by atoms with Crippen LogP contribution in [0.2, 0.25) is 0 Å². The second kappa shape index (κ2) is 7.88. The van der Waals surface area contributed by atoms with E-state index in [0.29, 0.717) is 6.61 Å². The topological polar surface area (TPSA) is 18.5 Å². The van der Waals surface area contributed by atoms with Gasteiger partial charge in [0.1, 0.15) is 18.1 Å². The fraction of sp³-hybridized carbons (Fsp3) is 0.400. The van der Waals surface area contributed by atoms with E-state index in [1.165, 1.54) is 11.1 Å². The Morgan fingerprint density at radius 3 is 1.95 bits per heavy atom. The molecule has 0 aliphatic carbocycles. The average Bonchev–Trinajstić information content (AvgIpc) is 2.52. The highest BCUT2D eigenvalue weighted by Gasteiger charge is 2.08. The summed E-state index contributed by atoms with van der Waals surface area (Å²) in [5, 5.41) is 0. The van der Waals surface area contributed by atoms with Crippen LogP contribution < -0.4 is 9.47 Å². The number of rotatable bonds is 7. The molecule has 0 spiro atoms. The van der Waals surface area contributed by atoms with E-state index in [0.717, 1.165) is 42.1 Å². The SMILES string of the molecule is CCCCOc1ccc(OCc2ccc(C)cc2)c(C)c1C. The summed E-state index contributed by atoms with van der Waals surface area (Å²) in [6.07, 6.45) is 2.24. The zero-order chi connectivity index (χ0) is 15.9. The Bertz CT molecular complexity index is 600. The van der Waals surface area contributed by atoms with Gasteiger partial charge in [-0.2, -0.15) is 0 Å². The van der Waals surface area contributed by atoms with Crippen molar-refractivity contribution in [2.45, 2.75) is 47.1 Å². The Morgan fingerprint density at radius 1 is 0.773 bits per heavy atom. The molecular weight excluding hydrogens is 272 g/mol. The van der Waals surface area contributed by atoms with Crippen LogP contribution >= 0.6 is 0 Å². The first-order valence-corrected chi connectivity index (χ1v) is 8.03. The number of aryl methyl sites for hydroxylation is 1. The molecule has 0 N–H and O–H groups in total. The Balaban J connectivity index is 2.02. The van der Waals surface area contributed by atoms with Crippen LogP contribution in [0.15, 0.2) is 36.4 Å². The van der Waals surface area contributed by atoms with Gasteiger partial charge in [-0.3, -0.25) is 0 Å². The van der Waals surface area contributed by atoms with Crippen molar-refractivity contribution in [2.24, 2.45) is 0 Å². The van der Waals surface area contributed by atoms with Gasteiger partial charge in [0, 0.05) is 0 Å². The lowest BCUT2D eigenvalue weighted by Gasteiger charge is -2.15.